The molecule has 0 saturated heterocycles. The molecule has 0 unspecified atom stereocenters. The third kappa shape index (κ3) is 9.94. The molecule has 0 aromatic carbocycles. The summed E-state index contributed by atoms with van der Waals surface area (Å²) < 4.78 is 22.2. The van der Waals surface area contributed by atoms with Crippen molar-refractivity contribution in [3.05, 3.63) is 0 Å². The molecule has 0 bridgehead atoms. The normalized spacial score (nSPS) is 12.2. The number of aliphatic hydroxyl groups is 1. The number of nitrogens with zero attached hydrogens (tertiary/aromatic N) is 1. The molecule has 0 spiro atoms. The van der Waals surface area contributed by atoms with Crippen LogP contribution in [-0.4, -0.2) is 89.8 Å². The van der Waals surface area contributed by atoms with Gasteiger partial charge in [0.25, 0.3) is 5.08 Å². The van der Waals surface area contributed by atoms with Crippen LogP contribution in [0.3, 0.4) is 0 Å². The van der Waals surface area contributed by atoms with E-state index in [1.165, 1.54) is 0 Å². The summed E-state index contributed by atoms with van der Waals surface area (Å²) in [6.07, 6.45) is 2.19. The van der Waals surface area contributed by atoms with Gasteiger partial charge in [-0.2, -0.15) is 0 Å². The van der Waals surface area contributed by atoms with Gasteiger partial charge in [-0.3, -0.25) is 9.13 Å². The molecular formula is C9H26NNaO8P2Zn. The molecule has 0 aliphatic heterocycles. The van der Waals surface area contributed by atoms with Gasteiger partial charge in [-0.25, -0.2) is 0 Å². The second-order valence-electron chi connectivity index (χ2n) is 4.62. The minimum absolute atomic E-state index is 0. The van der Waals surface area contributed by atoms with Crippen molar-refractivity contribution >= 4 is 44.7 Å². The summed E-state index contributed by atoms with van der Waals surface area (Å²) in [4.78, 5) is 37.5. The maximum atomic E-state index is 11.1. The predicted octanol–water partition coefficient (Wildman–Crippen LogP) is -0.976. The van der Waals surface area contributed by atoms with Crippen LogP contribution in [0.1, 0.15) is 32.6 Å². The summed E-state index contributed by atoms with van der Waals surface area (Å²) >= 11 is 0. The van der Waals surface area contributed by atoms with E-state index in [2.05, 4.69) is 0 Å². The molecule has 0 fully saturated rings. The molecule has 0 rings (SSSR count). The van der Waals surface area contributed by atoms with E-state index < -0.39 is 26.7 Å². The van der Waals surface area contributed by atoms with E-state index in [1.807, 2.05) is 6.92 Å². The Morgan fingerprint density at radius 2 is 1.41 bits per heavy atom. The average Bonchev–Trinajstić information content (AvgIpc) is 2.23. The minimum atomic E-state index is -5.33. The molecule has 7 N–H and O–H groups in total. The fourth-order valence-corrected chi connectivity index (χ4v) is 3.69. The van der Waals surface area contributed by atoms with Crippen LogP contribution in [0.2, 0.25) is 0 Å². The predicted molar refractivity (Wildman–Crippen MR) is 81.4 cm³/mol. The van der Waals surface area contributed by atoms with E-state index in [4.69, 9.17) is 19.6 Å². The standard InChI is InChI=1S/C9H23NO7P2.Na.H2O.Zn.H/c1-3-4-5-7-10(2)8-6-9(11,18(12,13)14)19(15,16)17;;;;/h11H,3-8H2,1-2H3,(H2,12,13,14)(H2,15,16,17);;1H2;;. The van der Waals surface area contributed by atoms with E-state index in [0.29, 0.717) is 6.54 Å². The van der Waals surface area contributed by atoms with Gasteiger partial charge < -0.3 is 35.1 Å². The molecule has 0 saturated carbocycles. The first kappa shape index (κ1) is 31.6. The summed E-state index contributed by atoms with van der Waals surface area (Å²) in [5, 5.41) is 6.35. The van der Waals surface area contributed by atoms with Gasteiger partial charge in [-0.15, -0.1) is 0 Å². The van der Waals surface area contributed by atoms with Crippen molar-refractivity contribution in [1.82, 2.24) is 4.90 Å². The van der Waals surface area contributed by atoms with E-state index in [9.17, 15) is 14.2 Å². The van der Waals surface area contributed by atoms with Gasteiger partial charge in [0.2, 0.25) is 0 Å². The topological polar surface area (TPSA) is 170 Å². The molecule has 0 aromatic heterocycles. The van der Waals surface area contributed by atoms with E-state index in [1.54, 1.807) is 11.9 Å². The summed E-state index contributed by atoms with van der Waals surface area (Å²) in [7, 11) is -9.00. The molecule has 0 aromatic rings. The third-order valence-corrected chi connectivity index (χ3v) is 6.78. The Morgan fingerprint density at radius 3 is 1.73 bits per heavy atom. The van der Waals surface area contributed by atoms with Crippen LogP contribution in [0.25, 0.3) is 0 Å². The molecule has 0 aliphatic carbocycles. The summed E-state index contributed by atoms with van der Waals surface area (Å²) in [6.45, 7) is 2.64. The van der Waals surface area contributed by atoms with Crippen molar-refractivity contribution < 1.29 is 58.8 Å². The van der Waals surface area contributed by atoms with Crippen molar-refractivity contribution in [2.75, 3.05) is 20.1 Å². The van der Waals surface area contributed by atoms with Crippen molar-refractivity contribution in [3.8, 4) is 0 Å². The van der Waals surface area contributed by atoms with Gasteiger partial charge in [0.1, 0.15) is 0 Å². The largest absolute Gasteiger partial charge is 0 e. The maximum absolute atomic E-state index is 11.1. The van der Waals surface area contributed by atoms with E-state index in [-0.39, 0.29) is 61.1 Å². The Labute approximate surface area is 165 Å². The van der Waals surface area contributed by atoms with E-state index >= 15 is 0 Å². The maximum Gasteiger partial charge on any atom is 0 e. The molecule has 0 amide bonds. The number of hydrogen-bond acceptors (Lipinski definition) is 4. The van der Waals surface area contributed by atoms with Crippen LogP contribution in [0.15, 0.2) is 0 Å². The molecule has 13 heteroatoms. The third-order valence-electron chi connectivity index (χ3n) is 2.91. The Morgan fingerprint density at radius 1 is 1.00 bits per heavy atom. The van der Waals surface area contributed by atoms with Gasteiger partial charge in [-0.05, 0) is 20.0 Å². The van der Waals surface area contributed by atoms with Crippen LogP contribution in [0.5, 0.6) is 0 Å². The second kappa shape index (κ2) is 13.1. The first-order valence-corrected chi connectivity index (χ1v) is 9.20. The van der Waals surface area contributed by atoms with Crippen LogP contribution < -0.4 is 0 Å². The first-order chi connectivity index (χ1) is 8.45. The fourth-order valence-electron chi connectivity index (χ4n) is 1.55. The zero-order valence-electron chi connectivity index (χ0n) is 12.3. The average molecular weight is 427 g/mol. The molecule has 22 heavy (non-hydrogen) atoms. The van der Waals surface area contributed by atoms with Crippen molar-refractivity contribution in [2.45, 2.75) is 37.7 Å². The SMILES string of the molecule is CCCCCN(C)CCC(O)(P(=O)(O)O)P(=O)(O)O.O.[NaH].[Zn]. The summed E-state index contributed by atoms with van der Waals surface area (Å²) in [5.41, 5.74) is 0. The molecule has 0 atom stereocenters. The summed E-state index contributed by atoms with van der Waals surface area (Å²) in [6, 6.07) is 0. The van der Waals surface area contributed by atoms with Crippen molar-refractivity contribution in [2.24, 2.45) is 0 Å². The zero-order chi connectivity index (χ0) is 15.3. The molecule has 128 valence electrons. The van der Waals surface area contributed by atoms with E-state index in [0.717, 1.165) is 19.3 Å². The quantitative estimate of drug-likeness (QED) is 0.178. The van der Waals surface area contributed by atoms with Gasteiger partial charge in [0, 0.05) is 32.4 Å². The molecule has 0 heterocycles. The van der Waals surface area contributed by atoms with Crippen molar-refractivity contribution in [1.29, 1.82) is 0 Å². The smallest absolute Gasteiger partial charge is 0 e. The van der Waals surface area contributed by atoms with Crippen LogP contribution in [0.4, 0.5) is 0 Å². The minimum Gasteiger partial charge on any atom is 0 e. The second-order valence-corrected chi connectivity index (χ2v) is 8.63. The Kier molecular flexibility index (Phi) is 18.7. The zero-order valence-corrected chi connectivity index (χ0v) is 17.1. The molecule has 0 radical (unpaired) electrons. The Hall–Kier alpha value is 1.80. The van der Waals surface area contributed by atoms with Gasteiger partial charge in [-0.1, -0.05) is 19.8 Å². The van der Waals surface area contributed by atoms with Gasteiger partial charge in [0.15, 0.2) is 0 Å². The van der Waals surface area contributed by atoms with Gasteiger partial charge in [0.05, 0.1) is 0 Å². The number of hydrogen-bond donors (Lipinski definition) is 5. The fraction of sp³-hybridized carbons (Fsp3) is 1.00. The molecule has 0 aliphatic rings. The van der Waals surface area contributed by atoms with Crippen LogP contribution in [-0.2, 0) is 28.6 Å². The Bertz CT molecular complexity index is 355. The first-order valence-electron chi connectivity index (χ1n) is 5.98. The molecule has 9 nitrogen and oxygen atoms in total. The monoisotopic (exact) mass is 425 g/mol. The number of unbranched alkanes of at least 4 members (excludes halogenated alkanes) is 2. The number of rotatable bonds is 9. The van der Waals surface area contributed by atoms with Crippen molar-refractivity contribution in [3.63, 3.8) is 0 Å². The Balaban J connectivity index is -0.000000540. The molecular weight excluding hydrogens is 400 g/mol. The van der Waals surface area contributed by atoms with Gasteiger partial charge >= 0.3 is 44.7 Å². The van der Waals surface area contributed by atoms with Crippen LogP contribution in [0, 0.1) is 0 Å². The summed E-state index contributed by atoms with van der Waals surface area (Å²) in [5.74, 6) is 0. The van der Waals surface area contributed by atoms with Crippen LogP contribution >= 0.6 is 15.2 Å².